The molecule has 1 unspecified atom stereocenters. The summed E-state index contributed by atoms with van der Waals surface area (Å²) < 4.78 is 5.43. The second kappa shape index (κ2) is 10.4. The highest BCUT2D eigenvalue weighted by molar-refractivity contribution is 5.91. The van der Waals surface area contributed by atoms with Crippen molar-refractivity contribution in [3.8, 4) is 0 Å². The first-order valence-electron chi connectivity index (χ1n) is 9.28. The van der Waals surface area contributed by atoms with Crippen molar-refractivity contribution in [1.82, 2.24) is 15.6 Å². The standard InChI is InChI=1S/C18H31N3O2/c1-2-3-4-5-6-7-8-9-12-20-17(22)16-14-23-18(21-16)15-11-10-13-19-15/h14-15,19H,2-13H2,1H3,(H,20,22). The van der Waals surface area contributed by atoms with Gasteiger partial charge in [0.1, 0.15) is 6.26 Å². The Morgan fingerprint density at radius 1 is 1.26 bits per heavy atom. The summed E-state index contributed by atoms with van der Waals surface area (Å²) in [5.41, 5.74) is 0.397. The Hall–Kier alpha value is -1.36. The summed E-state index contributed by atoms with van der Waals surface area (Å²) in [6, 6.07) is 0.171. The highest BCUT2D eigenvalue weighted by Gasteiger charge is 2.22. The van der Waals surface area contributed by atoms with Crippen molar-refractivity contribution in [1.29, 1.82) is 0 Å². The third kappa shape index (κ3) is 6.34. The molecule has 5 heteroatoms. The Balaban J connectivity index is 1.54. The van der Waals surface area contributed by atoms with E-state index in [4.69, 9.17) is 4.42 Å². The van der Waals surface area contributed by atoms with Crippen molar-refractivity contribution < 1.29 is 9.21 Å². The average molecular weight is 321 g/mol. The number of nitrogens with one attached hydrogen (secondary N) is 2. The first kappa shape index (κ1) is 18.0. The van der Waals surface area contributed by atoms with Crippen LogP contribution in [-0.2, 0) is 0 Å². The quantitative estimate of drug-likeness (QED) is 0.605. The van der Waals surface area contributed by atoms with Crippen LogP contribution < -0.4 is 10.6 Å². The van der Waals surface area contributed by atoms with Crippen molar-refractivity contribution in [2.75, 3.05) is 13.1 Å². The lowest BCUT2D eigenvalue weighted by atomic mass is 10.1. The molecular formula is C18H31N3O2. The van der Waals surface area contributed by atoms with Gasteiger partial charge < -0.3 is 15.1 Å². The molecule has 1 saturated heterocycles. The minimum Gasteiger partial charge on any atom is -0.446 e. The maximum Gasteiger partial charge on any atom is 0.273 e. The van der Waals surface area contributed by atoms with E-state index in [1.54, 1.807) is 0 Å². The number of hydrogen-bond acceptors (Lipinski definition) is 4. The smallest absolute Gasteiger partial charge is 0.273 e. The molecule has 1 aliphatic rings. The number of hydrogen-bond donors (Lipinski definition) is 2. The lowest BCUT2D eigenvalue weighted by Crippen LogP contribution is -2.25. The molecule has 5 nitrogen and oxygen atoms in total. The molecular weight excluding hydrogens is 290 g/mol. The minimum atomic E-state index is -0.124. The fraction of sp³-hybridized carbons (Fsp3) is 0.778. The van der Waals surface area contributed by atoms with Crippen LogP contribution in [0.2, 0.25) is 0 Å². The number of amides is 1. The number of carbonyl (C=O) groups excluding carboxylic acids is 1. The highest BCUT2D eigenvalue weighted by atomic mass is 16.3. The zero-order valence-corrected chi connectivity index (χ0v) is 14.4. The van der Waals surface area contributed by atoms with Crippen molar-refractivity contribution in [3.05, 3.63) is 17.8 Å². The minimum absolute atomic E-state index is 0.124. The third-order valence-corrected chi connectivity index (χ3v) is 4.43. The summed E-state index contributed by atoms with van der Waals surface area (Å²) in [5, 5.41) is 6.25. The van der Waals surface area contributed by atoms with E-state index in [0.717, 1.165) is 32.4 Å². The van der Waals surface area contributed by atoms with Crippen LogP contribution in [0, 0.1) is 0 Å². The molecule has 1 aliphatic heterocycles. The molecule has 0 aromatic carbocycles. The fourth-order valence-electron chi connectivity index (χ4n) is 3.00. The molecule has 1 aromatic heterocycles. The third-order valence-electron chi connectivity index (χ3n) is 4.43. The van der Waals surface area contributed by atoms with Crippen LogP contribution in [0.15, 0.2) is 10.7 Å². The molecule has 1 fully saturated rings. The predicted octanol–water partition coefficient (Wildman–Crippen LogP) is 3.97. The second-order valence-electron chi connectivity index (χ2n) is 6.45. The number of oxazole rings is 1. The summed E-state index contributed by atoms with van der Waals surface area (Å²) in [7, 11) is 0. The van der Waals surface area contributed by atoms with Crippen LogP contribution in [0.1, 0.15) is 93.6 Å². The summed E-state index contributed by atoms with van der Waals surface area (Å²) in [5.74, 6) is 0.515. The van der Waals surface area contributed by atoms with E-state index in [-0.39, 0.29) is 11.9 Å². The second-order valence-corrected chi connectivity index (χ2v) is 6.45. The molecule has 0 spiro atoms. The van der Waals surface area contributed by atoms with Crippen LogP contribution >= 0.6 is 0 Å². The number of unbranched alkanes of at least 4 members (excludes halogenated alkanes) is 7. The van der Waals surface area contributed by atoms with E-state index in [0.29, 0.717) is 11.6 Å². The topological polar surface area (TPSA) is 67.2 Å². The van der Waals surface area contributed by atoms with Crippen LogP contribution in [0.3, 0.4) is 0 Å². The number of carbonyl (C=O) groups is 1. The van der Waals surface area contributed by atoms with Gasteiger partial charge in [-0.15, -0.1) is 0 Å². The van der Waals surface area contributed by atoms with Gasteiger partial charge >= 0.3 is 0 Å². The van der Waals surface area contributed by atoms with Crippen LogP contribution in [0.25, 0.3) is 0 Å². The Kier molecular flexibility index (Phi) is 8.15. The van der Waals surface area contributed by atoms with Gasteiger partial charge in [-0.1, -0.05) is 51.9 Å². The number of nitrogens with zero attached hydrogens (tertiary/aromatic N) is 1. The molecule has 2 heterocycles. The van der Waals surface area contributed by atoms with Crippen LogP contribution in [0.5, 0.6) is 0 Å². The Morgan fingerprint density at radius 3 is 2.70 bits per heavy atom. The molecule has 1 aromatic rings. The highest BCUT2D eigenvalue weighted by Crippen LogP contribution is 2.22. The largest absolute Gasteiger partial charge is 0.446 e. The van der Waals surface area contributed by atoms with E-state index in [2.05, 4.69) is 22.5 Å². The van der Waals surface area contributed by atoms with Gasteiger partial charge in [-0.2, -0.15) is 0 Å². The maximum absolute atomic E-state index is 12.0. The van der Waals surface area contributed by atoms with Gasteiger partial charge in [0.2, 0.25) is 5.89 Å². The van der Waals surface area contributed by atoms with E-state index < -0.39 is 0 Å². The predicted molar refractivity (Wildman–Crippen MR) is 91.4 cm³/mol. The number of rotatable bonds is 11. The van der Waals surface area contributed by atoms with Crippen LogP contribution in [0.4, 0.5) is 0 Å². The van der Waals surface area contributed by atoms with Crippen molar-refractivity contribution in [2.24, 2.45) is 0 Å². The molecule has 1 amide bonds. The van der Waals surface area contributed by atoms with Gasteiger partial charge in [0, 0.05) is 6.54 Å². The first-order valence-corrected chi connectivity index (χ1v) is 9.28. The number of aromatic nitrogens is 1. The zero-order chi connectivity index (χ0) is 16.3. The van der Waals surface area contributed by atoms with Crippen molar-refractivity contribution in [2.45, 2.75) is 77.2 Å². The zero-order valence-electron chi connectivity index (χ0n) is 14.4. The molecule has 130 valence electrons. The summed E-state index contributed by atoms with van der Waals surface area (Å²) in [6.07, 6.45) is 13.8. The monoisotopic (exact) mass is 321 g/mol. The van der Waals surface area contributed by atoms with Gasteiger partial charge in [-0.3, -0.25) is 4.79 Å². The molecule has 2 rings (SSSR count). The molecule has 0 radical (unpaired) electrons. The Labute approximate surface area is 139 Å². The summed E-state index contributed by atoms with van der Waals surface area (Å²) in [4.78, 5) is 16.3. The molecule has 0 aliphatic carbocycles. The van der Waals surface area contributed by atoms with Gasteiger partial charge in [-0.05, 0) is 25.8 Å². The molecule has 0 bridgehead atoms. The normalized spacial score (nSPS) is 17.5. The SMILES string of the molecule is CCCCCCCCCCNC(=O)c1coc(C2CCCN2)n1. The van der Waals surface area contributed by atoms with E-state index in [1.165, 1.54) is 51.2 Å². The molecule has 1 atom stereocenters. The van der Waals surface area contributed by atoms with Gasteiger partial charge in [0.25, 0.3) is 5.91 Å². The molecule has 23 heavy (non-hydrogen) atoms. The summed E-state index contributed by atoms with van der Waals surface area (Å²) >= 11 is 0. The van der Waals surface area contributed by atoms with E-state index in [1.807, 2.05) is 0 Å². The Bertz CT molecular complexity index is 453. The van der Waals surface area contributed by atoms with Gasteiger partial charge in [0.15, 0.2) is 5.69 Å². The van der Waals surface area contributed by atoms with Gasteiger partial charge in [-0.25, -0.2) is 4.98 Å². The molecule has 2 N–H and O–H groups in total. The van der Waals surface area contributed by atoms with Gasteiger partial charge in [0.05, 0.1) is 6.04 Å². The van der Waals surface area contributed by atoms with Crippen molar-refractivity contribution >= 4 is 5.91 Å². The van der Waals surface area contributed by atoms with E-state index >= 15 is 0 Å². The summed E-state index contributed by atoms with van der Waals surface area (Å²) in [6.45, 7) is 3.95. The van der Waals surface area contributed by atoms with E-state index in [9.17, 15) is 4.79 Å². The molecule has 0 saturated carbocycles. The maximum atomic E-state index is 12.0. The lowest BCUT2D eigenvalue weighted by Gasteiger charge is -2.04. The average Bonchev–Trinajstić information content (AvgIpc) is 3.23. The van der Waals surface area contributed by atoms with Crippen molar-refractivity contribution in [3.63, 3.8) is 0 Å². The lowest BCUT2D eigenvalue weighted by molar-refractivity contribution is 0.0948. The first-order chi connectivity index (χ1) is 11.3. The van der Waals surface area contributed by atoms with Crippen LogP contribution in [-0.4, -0.2) is 24.0 Å². The Morgan fingerprint density at radius 2 is 2.00 bits per heavy atom. The fourth-order valence-corrected chi connectivity index (χ4v) is 3.00.